The molecule has 0 fully saturated rings. The molecule has 0 bridgehead atoms. The first-order chi connectivity index (χ1) is 8.89. The zero-order valence-corrected chi connectivity index (χ0v) is 9.61. The quantitative estimate of drug-likeness (QED) is 0.671. The highest BCUT2D eigenvalue weighted by molar-refractivity contribution is 6.09. The number of halogens is 3. The maximum Gasteiger partial charge on any atom is 0.418 e. The van der Waals surface area contributed by atoms with E-state index >= 15 is 0 Å². The van der Waals surface area contributed by atoms with Crippen LogP contribution in [0.1, 0.15) is 21.5 Å². The van der Waals surface area contributed by atoms with Crippen molar-refractivity contribution in [2.75, 3.05) is 5.73 Å². The highest BCUT2D eigenvalue weighted by Gasteiger charge is 2.33. The molecular weight excluding hydrogens is 257 g/mol. The molecule has 6 heteroatoms. The molecule has 0 atom stereocenters. The molecule has 0 saturated carbocycles. The van der Waals surface area contributed by atoms with E-state index in [0.717, 1.165) is 18.2 Å². The van der Waals surface area contributed by atoms with Crippen LogP contribution >= 0.6 is 0 Å². The number of nitrogens with two attached hydrogens (primary N) is 1. The van der Waals surface area contributed by atoms with Gasteiger partial charge in [0.15, 0.2) is 5.78 Å². The van der Waals surface area contributed by atoms with Gasteiger partial charge in [0.2, 0.25) is 0 Å². The summed E-state index contributed by atoms with van der Waals surface area (Å²) in [5, 5.41) is 0. The third-order valence-corrected chi connectivity index (χ3v) is 2.56. The van der Waals surface area contributed by atoms with E-state index in [1.165, 1.54) is 24.5 Å². The summed E-state index contributed by atoms with van der Waals surface area (Å²) in [5.41, 5.74) is 4.38. The fourth-order valence-corrected chi connectivity index (χ4v) is 1.63. The van der Waals surface area contributed by atoms with Crippen molar-refractivity contribution in [1.29, 1.82) is 0 Å². The van der Waals surface area contributed by atoms with E-state index in [0.29, 0.717) is 5.56 Å². The topological polar surface area (TPSA) is 56.0 Å². The third kappa shape index (κ3) is 2.73. The van der Waals surface area contributed by atoms with Crippen LogP contribution in [0.5, 0.6) is 0 Å². The standard InChI is InChI=1S/C13H9F3N2O/c14-13(15,16)10-2-1-9(7-11(10)17)12(19)8-3-5-18-6-4-8/h1-7H,17H2. The van der Waals surface area contributed by atoms with E-state index in [9.17, 15) is 18.0 Å². The Bertz CT molecular complexity index is 609. The minimum atomic E-state index is -4.53. The summed E-state index contributed by atoms with van der Waals surface area (Å²) in [7, 11) is 0. The summed E-state index contributed by atoms with van der Waals surface area (Å²) < 4.78 is 37.6. The molecule has 0 saturated heterocycles. The lowest BCUT2D eigenvalue weighted by Crippen LogP contribution is -2.10. The molecule has 0 aliphatic carbocycles. The minimum Gasteiger partial charge on any atom is -0.398 e. The Morgan fingerprint density at radius 2 is 1.68 bits per heavy atom. The fourth-order valence-electron chi connectivity index (χ4n) is 1.63. The first-order valence-corrected chi connectivity index (χ1v) is 5.31. The Kier molecular flexibility index (Phi) is 3.25. The van der Waals surface area contributed by atoms with Gasteiger partial charge in [0.05, 0.1) is 5.56 Å². The lowest BCUT2D eigenvalue weighted by atomic mass is 10.0. The van der Waals surface area contributed by atoms with Gasteiger partial charge >= 0.3 is 6.18 Å². The molecule has 0 spiro atoms. The summed E-state index contributed by atoms with van der Waals surface area (Å²) >= 11 is 0. The second-order valence-electron chi connectivity index (χ2n) is 3.86. The average Bonchev–Trinajstić information content (AvgIpc) is 2.37. The highest BCUT2D eigenvalue weighted by Crippen LogP contribution is 2.34. The Morgan fingerprint density at radius 3 is 2.21 bits per heavy atom. The van der Waals surface area contributed by atoms with Gasteiger partial charge in [0.25, 0.3) is 0 Å². The van der Waals surface area contributed by atoms with Crippen molar-refractivity contribution in [1.82, 2.24) is 4.98 Å². The second kappa shape index (κ2) is 4.72. The number of benzene rings is 1. The van der Waals surface area contributed by atoms with Gasteiger partial charge in [-0.2, -0.15) is 13.2 Å². The van der Waals surface area contributed by atoms with Crippen LogP contribution < -0.4 is 5.73 Å². The molecule has 0 amide bonds. The lowest BCUT2D eigenvalue weighted by Gasteiger charge is -2.10. The molecule has 19 heavy (non-hydrogen) atoms. The summed E-state index contributed by atoms with van der Waals surface area (Å²) in [6, 6.07) is 5.92. The van der Waals surface area contributed by atoms with E-state index in [2.05, 4.69) is 4.98 Å². The van der Waals surface area contributed by atoms with Gasteiger partial charge in [-0.15, -0.1) is 0 Å². The summed E-state index contributed by atoms with van der Waals surface area (Å²) in [6.07, 6.45) is -1.66. The number of carbonyl (C=O) groups is 1. The first kappa shape index (κ1) is 13.1. The Balaban J connectivity index is 2.38. The number of hydrogen-bond donors (Lipinski definition) is 1. The predicted octanol–water partition coefficient (Wildman–Crippen LogP) is 2.91. The van der Waals surface area contributed by atoms with Crippen molar-refractivity contribution in [2.24, 2.45) is 0 Å². The lowest BCUT2D eigenvalue weighted by molar-refractivity contribution is -0.136. The molecule has 2 rings (SSSR count). The Labute approximate surface area is 106 Å². The molecule has 2 aromatic rings. The number of nitrogens with zero attached hydrogens (tertiary/aromatic N) is 1. The van der Waals surface area contributed by atoms with Crippen molar-refractivity contribution >= 4 is 11.5 Å². The summed E-state index contributed by atoms with van der Waals surface area (Å²) in [6.45, 7) is 0. The van der Waals surface area contributed by atoms with Crippen LogP contribution in [0.4, 0.5) is 18.9 Å². The number of aromatic nitrogens is 1. The van der Waals surface area contributed by atoms with E-state index in [-0.39, 0.29) is 5.56 Å². The van der Waals surface area contributed by atoms with E-state index in [4.69, 9.17) is 5.73 Å². The molecule has 98 valence electrons. The van der Waals surface area contributed by atoms with Crippen LogP contribution in [0.25, 0.3) is 0 Å². The smallest absolute Gasteiger partial charge is 0.398 e. The van der Waals surface area contributed by atoms with Gasteiger partial charge in [-0.1, -0.05) is 6.07 Å². The van der Waals surface area contributed by atoms with E-state index in [1.807, 2.05) is 0 Å². The van der Waals surface area contributed by atoms with Gasteiger partial charge < -0.3 is 5.73 Å². The van der Waals surface area contributed by atoms with Gasteiger partial charge in [0, 0.05) is 29.2 Å². The van der Waals surface area contributed by atoms with Crippen molar-refractivity contribution in [3.63, 3.8) is 0 Å². The van der Waals surface area contributed by atoms with Crippen LogP contribution in [-0.2, 0) is 6.18 Å². The molecule has 0 radical (unpaired) electrons. The number of pyridine rings is 1. The molecule has 0 aliphatic heterocycles. The van der Waals surface area contributed by atoms with Crippen LogP contribution in [0, 0.1) is 0 Å². The number of anilines is 1. The monoisotopic (exact) mass is 266 g/mol. The van der Waals surface area contributed by atoms with Crippen LogP contribution in [0.2, 0.25) is 0 Å². The number of ketones is 1. The average molecular weight is 266 g/mol. The number of rotatable bonds is 2. The number of alkyl halides is 3. The Hall–Kier alpha value is -2.37. The van der Waals surface area contributed by atoms with Gasteiger partial charge in [-0.3, -0.25) is 9.78 Å². The van der Waals surface area contributed by atoms with Crippen molar-refractivity contribution in [3.05, 3.63) is 59.4 Å². The highest BCUT2D eigenvalue weighted by atomic mass is 19.4. The molecule has 2 N–H and O–H groups in total. The SMILES string of the molecule is Nc1cc(C(=O)c2ccncc2)ccc1C(F)(F)F. The fraction of sp³-hybridized carbons (Fsp3) is 0.0769. The zero-order valence-electron chi connectivity index (χ0n) is 9.61. The van der Waals surface area contributed by atoms with Crippen molar-refractivity contribution < 1.29 is 18.0 Å². The molecule has 1 aromatic heterocycles. The molecule has 0 unspecified atom stereocenters. The van der Waals surface area contributed by atoms with Crippen LogP contribution in [0.15, 0.2) is 42.7 Å². The third-order valence-electron chi connectivity index (χ3n) is 2.56. The van der Waals surface area contributed by atoms with E-state index < -0.39 is 23.2 Å². The number of carbonyl (C=O) groups excluding carboxylic acids is 1. The van der Waals surface area contributed by atoms with Gasteiger partial charge in [-0.05, 0) is 24.3 Å². The Morgan fingerprint density at radius 1 is 1.05 bits per heavy atom. The van der Waals surface area contributed by atoms with Crippen LogP contribution in [0.3, 0.4) is 0 Å². The molecule has 1 aromatic carbocycles. The van der Waals surface area contributed by atoms with Gasteiger partial charge in [-0.25, -0.2) is 0 Å². The van der Waals surface area contributed by atoms with Crippen LogP contribution in [-0.4, -0.2) is 10.8 Å². The predicted molar refractivity (Wildman–Crippen MR) is 63.5 cm³/mol. The molecule has 3 nitrogen and oxygen atoms in total. The number of hydrogen-bond acceptors (Lipinski definition) is 3. The zero-order chi connectivity index (χ0) is 14.0. The van der Waals surface area contributed by atoms with Crippen molar-refractivity contribution in [2.45, 2.75) is 6.18 Å². The first-order valence-electron chi connectivity index (χ1n) is 5.31. The molecular formula is C13H9F3N2O. The maximum atomic E-state index is 12.5. The van der Waals surface area contributed by atoms with Crippen molar-refractivity contribution in [3.8, 4) is 0 Å². The summed E-state index contributed by atoms with van der Waals surface area (Å²) in [5.74, 6) is -0.400. The summed E-state index contributed by atoms with van der Waals surface area (Å²) in [4.78, 5) is 15.8. The normalized spacial score (nSPS) is 11.3. The second-order valence-corrected chi connectivity index (χ2v) is 3.86. The maximum absolute atomic E-state index is 12.5. The minimum absolute atomic E-state index is 0.108. The van der Waals surface area contributed by atoms with Gasteiger partial charge in [0.1, 0.15) is 0 Å². The molecule has 1 heterocycles. The largest absolute Gasteiger partial charge is 0.418 e. The van der Waals surface area contributed by atoms with E-state index in [1.54, 1.807) is 0 Å². The molecule has 0 aliphatic rings. The number of nitrogen functional groups attached to an aromatic ring is 1.